The highest BCUT2D eigenvalue weighted by Gasteiger charge is 2.23. The summed E-state index contributed by atoms with van der Waals surface area (Å²) in [7, 11) is 0. The van der Waals surface area contributed by atoms with E-state index < -0.39 is 0 Å². The van der Waals surface area contributed by atoms with E-state index >= 15 is 0 Å². The van der Waals surface area contributed by atoms with Gasteiger partial charge in [0.25, 0.3) is 0 Å². The topological polar surface area (TPSA) is 59.6 Å². The number of imidazole rings is 1. The van der Waals surface area contributed by atoms with Crippen LogP contribution in [0.5, 0.6) is 0 Å². The molecule has 0 atom stereocenters. The summed E-state index contributed by atoms with van der Waals surface area (Å²) in [4.78, 5) is 8.00. The van der Waals surface area contributed by atoms with Gasteiger partial charge in [0.2, 0.25) is 0 Å². The zero-order valence-electron chi connectivity index (χ0n) is 13.7. The van der Waals surface area contributed by atoms with Gasteiger partial charge in [0.05, 0.1) is 22.8 Å². The minimum absolute atomic E-state index is 0.171. The Morgan fingerprint density at radius 1 is 1.17 bits per heavy atom. The molecule has 0 aliphatic rings. The molecule has 0 amide bonds. The zero-order valence-corrected chi connectivity index (χ0v) is 15.3. The van der Waals surface area contributed by atoms with Crippen molar-refractivity contribution in [3.8, 4) is 23.0 Å². The fourth-order valence-electron chi connectivity index (χ4n) is 2.71. The van der Waals surface area contributed by atoms with E-state index in [1.165, 1.54) is 0 Å². The molecule has 0 aliphatic heterocycles. The molecule has 0 spiro atoms. The molecule has 1 aromatic carbocycles. The fourth-order valence-corrected chi connectivity index (χ4v) is 3.07. The van der Waals surface area contributed by atoms with Crippen LogP contribution in [0.1, 0.15) is 20.8 Å². The Morgan fingerprint density at radius 2 is 2.00 bits per heavy atom. The van der Waals surface area contributed by atoms with Crippen LogP contribution in [0.4, 0.5) is 0 Å². The van der Waals surface area contributed by atoms with Gasteiger partial charge < -0.3 is 9.40 Å². The predicted molar refractivity (Wildman–Crippen MR) is 97.7 cm³/mol. The van der Waals surface area contributed by atoms with Crippen molar-refractivity contribution in [3.05, 3.63) is 47.1 Å². The Labute approximate surface area is 147 Å². The van der Waals surface area contributed by atoms with Crippen LogP contribution < -0.4 is 0 Å². The first-order valence-corrected chi connectivity index (χ1v) is 8.51. The molecule has 24 heavy (non-hydrogen) atoms. The molecule has 0 fully saturated rings. The second kappa shape index (κ2) is 5.34. The Morgan fingerprint density at radius 3 is 2.71 bits per heavy atom. The third kappa shape index (κ3) is 2.57. The Kier molecular flexibility index (Phi) is 3.38. The highest BCUT2D eigenvalue weighted by molar-refractivity contribution is 9.10. The van der Waals surface area contributed by atoms with Crippen molar-refractivity contribution in [1.82, 2.24) is 19.7 Å². The van der Waals surface area contributed by atoms with Gasteiger partial charge in [-0.05, 0) is 57.2 Å². The van der Waals surface area contributed by atoms with Gasteiger partial charge in [-0.15, -0.1) is 0 Å². The number of nitrogens with zero attached hydrogens (tertiary/aromatic N) is 3. The van der Waals surface area contributed by atoms with Gasteiger partial charge in [-0.2, -0.15) is 5.10 Å². The highest BCUT2D eigenvalue weighted by Crippen LogP contribution is 2.31. The van der Waals surface area contributed by atoms with E-state index in [1.54, 1.807) is 6.26 Å². The van der Waals surface area contributed by atoms with Crippen molar-refractivity contribution in [2.24, 2.45) is 0 Å². The highest BCUT2D eigenvalue weighted by atomic mass is 79.9. The molecule has 3 heterocycles. The number of rotatable bonds is 2. The Hall–Kier alpha value is -2.34. The van der Waals surface area contributed by atoms with Crippen molar-refractivity contribution in [2.75, 3.05) is 0 Å². The molecular weight excluding hydrogens is 368 g/mol. The molecule has 0 bridgehead atoms. The standard InChI is InChI=1S/C18H17BrN4O/c1-18(2,3)23-15(16-5-4-8-24-16)10-14(22-23)17-20-12-7-6-11(19)9-13(12)21-17/h4-10H,1-3H3,(H,20,21). The average Bonchev–Trinajstić information content (AvgIpc) is 3.23. The molecule has 0 saturated heterocycles. The lowest BCUT2D eigenvalue weighted by atomic mass is 10.1. The van der Waals surface area contributed by atoms with Crippen molar-refractivity contribution in [2.45, 2.75) is 26.3 Å². The van der Waals surface area contributed by atoms with E-state index in [0.29, 0.717) is 0 Å². The van der Waals surface area contributed by atoms with E-state index in [4.69, 9.17) is 9.52 Å². The molecule has 3 aromatic heterocycles. The summed E-state index contributed by atoms with van der Waals surface area (Å²) in [5.41, 5.74) is 3.45. The van der Waals surface area contributed by atoms with Crippen molar-refractivity contribution >= 4 is 27.0 Å². The number of halogens is 1. The summed E-state index contributed by atoms with van der Waals surface area (Å²) in [6, 6.07) is 11.8. The predicted octanol–water partition coefficient (Wildman–Crippen LogP) is 5.20. The zero-order chi connectivity index (χ0) is 16.9. The minimum atomic E-state index is -0.171. The van der Waals surface area contributed by atoms with Gasteiger partial charge in [0.1, 0.15) is 11.4 Å². The van der Waals surface area contributed by atoms with Crippen LogP contribution in [0.3, 0.4) is 0 Å². The van der Waals surface area contributed by atoms with Gasteiger partial charge in [0.15, 0.2) is 11.6 Å². The summed E-state index contributed by atoms with van der Waals surface area (Å²) in [6.07, 6.45) is 1.67. The maximum Gasteiger partial charge on any atom is 0.159 e. The molecule has 0 aliphatic carbocycles. The number of aromatic amines is 1. The quantitative estimate of drug-likeness (QED) is 0.516. The summed E-state index contributed by atoms with van der Waals surface area (Å²) in [6.45, 7) is 6.35. The number of nitrogens with one attached hydrogen (secondary N) is 1. The van der Waals surface area contributed by atoms with Crippen LogP contribution in [0.25, 0.3) is 34.0 Å². The molecule has 4 aromatic rings. The second-order valence-electron chi connectivity index (χ2n) is 6.72. The molecule has 122 valence electrons. The first-order chi connectivity index (χ1) is 11.4. The Balaban J connectivity index is 1.88. The van der Waals surface area contributed by atoms with Crippen LogP contribution >= 0.6 is 15.9 Å². The lowest BCUT2D eigenvalue weighted by Crippen LogP contribution is -2.24. The van der Waals surface area contributed by atoms with E-state index in [-0.39, 0.29) is 5.54 Å². The van der Waals surface area contributed by atoms with Gasteiger partial charge in [0, 0.05) is 4.47 Å². The first-order valence-electron chi connectivity index (χ1n) is 7.72. The molecule has 1 N–H and O–H groups in total. The van der Waals surface area contributed by atoms with Crippen LogP contribution in [-0.2, 0) is 5.54 Å². The second-order valence-corrected chi connectivity index (χ2v) is 7.64. The van der Waals surface area contributed by atoms with Crippen LogP contribution in [0.2, 0.25) is 0 Å². The monoisotopic (exact) mass is 384 g/mol. The van der Waals surface area contributed by atoms with Gasteiger partial charge in [-0.25, -0.2) is 4.98 Å². The molecule has 0 unspecified atom stereocenters. The number of hydrogen-bond acceptors (Lipinski definition) is 3. The summed E-state index contributed by atoms with van der Waals surface area (Å²) < 4.78 is 8.57. The molecular formula is C18H17BrN4O. The molecule has 0 saturated carbocycles. The molecule has 4 rings (SSSR count). The van der Waals surface area contributed by atoms with Gasteiger partial charge in [-0.1, -0.05) is 15.9 Å². The SMILES string of the molecule is CC(C)(C)n1nc(-c2nc3ccc(Br)cc3[nH]2)cc1-c1ccco1. The van der Waals surface area contributed by atoms with E-state index in [1.807, 2.05) is 41.1 Å². The minimum Gasteiger partial charge on any atom is -0.463 e. The number of hydrogen-bond donors (Lipinski definition) is 1. The lowest BCUT2D eigenvalue weighted by Gasteiger charge is -2.21. The van der Waals surface area contributed by atoms with Crippen molar-refractivity contribution < 1.29 is 4.42 Å². The maximum absolute atomic E-state index is 5.58. The van der Waals surface area contributed by atoms with Crippen LogP contribution in [0.15, 0.2) is 51.6 Å². The third-order valence-electron chi connectivity index (χ3n) is 3.80. The molecule has 5 nitrogen and oxygen atoms in total. The van der Waals surface area contributed by atoms with Crippen LogP contribution in [-0.4, -0.2) is 19.7 Å². The maximum atomic E-state index is 5.58. The third-order valence-corrected chi connectivity index (χ3v) is 4.30. The lowest BCUT2D eigenvalue weighted by molar-refractivity contribution is 0.357. The average molecular weight is 385 g/mol. The van der Waals surface area contributed by atoms with Gasteiger partial charge in [-0.3, -0.25) is 4.68 Å². The van der Waals surface area contributed by atoms with E-state index in [2.05, 4.69) is 46.7 Å². The van der Waals surface area contributed by atoms with E-state index in [0.717, 1.165) is 38.5 Å². The van der Waals surface area contributed by atoms with Crippen molar-refractivity contribution in [1.29, 1.82) is 0 Å². The summed E-state index contributed by atoms with van der Waals surface area (Å²) in [5, 5.41) is 4.78. The molecule has 0 radical (unpaired) electrons. The van der Waals surface area contributed by atoms with Crippen LogP contribution in [0, 0.1) is 0 Å². The number of aromatic nitrogens is 4. The first kappa shape index (κ1) is 15.2. The normalized spacial score (nSPS) is 12.2. The van der Waals surface area contributed by atoms with Gasteiger partial charge >= 0.3 is 0 Å². The number of fused-ring (bicyclic) bond motifs is 1. The van der Waals surface area contributed by atoms with Crippen molar-refractivity contribution in [3.63, 3.8) is 0 Å². The summed E-state index contributed by atoms with van der Waals surface area (Å²) in [5.74, 6) is 1.54. The largest absolute Gasteiger partial charge is 0.463 e. The number of benzene rings is 1. The summed E-state index contributed by atoms with van der Waals surface area (Å²) >= 11 is 3.49. The Bertz CT molecular complexity index is 1010. The number of furan rings is 1. The smallest absolute Gasteiger partial charge is 0.159 e. The molecule has 6 heteroatoms. The van der Waals surface area contributed by atoms with E-state index in [9.17, 15) is 0 Å². The fraction of sp³-hybridized carbons (Fsp3) is 0.222. The number of H-pyrrole nitrogens is 1.